The molecule has 0 atom stereocenters. The van der Waals surface area contributed by atoms with Crippen molar-refractivity contribution in [2.45, 2.75) is 13.8 Å². The van der Waals surface area contributed by atoms with Crippen LogP contribution in [0.1, 0.15) is 24.2 Å². The van der Waals surface area contributed by atoms with Crippen molar-refractivity contribution >= 4 is 22.8 Å². The third-order valence-corrected chi connectivity index (χ3v) is 3.32. The summed E-state index contributed by atoms with van der Waals surface area (Å²) >= 11 is 0. The third-order valence-electron chi connectivity index (χ3n) is 3.32. The summed E-state index contributed by atoms with van der Waals surface area (Å²) in [4.78, 5) is 37.3. The molecule has 116 valence electrons. The lowest BCUT2D eigenvalue weighted by molar-refractivity contribution is -0.146. The van der Waals surface area contributed by atoms with Crippen LogP contribution in [0.4, 0.5) is 4.39 Å². The largest absolute Gasteiger partial charge is 0.481 e. The zero-order valence-electron chi connectivity index (χ0n) is 12.1. The van der Waals surface area contributed by atoms with E-state index in [2.05, 4.69) is 10.3 Å². The van der Waals surface area contributed by atoms with Crippen LogP contribution in [0, 0.1) is 11.2 Å². The number of carbonyl (C=O) groups is 2. The van der Waals surface area contributed by atoms with Crippen LogP contribution in [0.15, 0.2) is 29.1 Å². The molecule has 0 aliphatic carbocycles. The normalized spacial score (nSPS) is 11.4. The highest BCUT2D eigenvalue weighted by Gasteiger charge is 2.28. The van der Waals surface area contributed by atoms with Crippen molar-refractivity contribution in [3.05, 3.63) is 46.0 Å². The fourth-order valence-electron chi connectivity index (χ4n) is 1.89. The first-order valence-corrected chi connectivity index (χ1v) is 6.55. The molecular formula is C15H15FN2O4. The molecular weight excluding hydrogens is 291 g/mol. The second-order valence-corrected chi connectivity index (χ2v) is 5.61. The Morgan fingerprint density at radius 3 is 2.64 bits per heavy atom. The minimum atomic E-state index is -1.14. The number of hydrogen-bond donors (Lipinski definition) is 3. The van der Waals surface area contributed by atoms with Crippen molar-refractivity contribution in [1.82, 2.24) is 10.3 Å². The number of carboxylic acid groups (broad SMARTS) is 1. The summed E-state index contributed by atoms with van der Waals surface area (Å²) in [6.45, 7) is 2.85. The molecule has 0 spiro atoms. The molecule has 0 saturated carbocycles. The maximum absolute atomic E-state index is 13.2. The van der Waals surface area contributed by atoms with Crippen LogP contribution in [0.25, 0.3) is 10.9 Å². The Kier molecular flexibility index (Phi) is 3.99. The SMILES string of the molecule is CC(C)(CNC(=O)c1cc(=O)[nH]c2cc(F)ccc12)C(=O)O. The predicted molar refractivity (Wildman–Crippen MR) is 78.3 cm³/mol. The molecule has 0 aliphatic rings. The molecule has 0 saturated heterocycles. The summed E-state index contributed by atoms with van der Waals surface area (Å²) in [7, 11) is 0. The molecule has 1 amide bonds. The number of H-pyrrole nitrogens is 1. The van der Waals surface area contributed by atoms with E-state index in [9.17, 15) is 18.8 Å². The molecule has 3 N–H and O–H groups in total. The Morgan fingerprint density at radius 1 is 1.32 bits per heavy atom. The minimum absolute atomic E-state index is 0.0694. The molecule has 1 heterocycles. The second kappa shape index (κ2) is 5.59. The van der Waals surface area contributed by atoms with Gasteiger partial charge in [-0.05, 0) is 32.0 Å². The van der Waals surface area contributed by atoms with E-state index in [1.54, 1.807) is 0 Å². The fourth-order valence-corrected chi connectivity index (χ4v) is 1.89. The number of aromatic nitrogens is 1. The first-order chi connectivity index (χ1) is 10.2. The lowest BCUT2D eigenvalue weighted by atomic mass is 9.94. The van der Waals surface area contributed by atoms with E-state index in [0.29, 0.717) is 5.39 Å². The fraction of sp³-hybridized carbons (Fsp3) is 0.267. The summed E-state index contributed by atoms with van der Waals surface area (Å²) in [6, 6.07) is 4.79. The summed E-state index contributed by atoms with van der Waals surface area (Å²) < 4.78 is 13.2. The number of benzene rings is 1. The van der Waals surface area contributed by atoms with Gasteiger partial charge in [0.1, 0.15) is 5.82 Å². The third kappa shape index (κ3) is 3.13. The van der Waals surface area contributed by atoms with Crippen LogP contribution in [-0.4, -0.2) is 28.5 Å². The number of nitrogens with one attached hydrogen (secondary N) is 2. The highest BCUT2D eigenvalue weighted by molar-refractivity contribution is 6.06. The molecule has 0 fully saturated rings. The van der Waals surface area contributed by atoms with E-state index in [1.807, 2.05) is 0 Å². The number of hydrogen-bond acceptors (Lipinski definition) is 3. The molecule has 0 bridgehead atoms. The number of aromatic amines is 1. The molecule has 2 rings (SSSR count). The van der Waals surface area contributed by atoms with Gasteiger partial charge < -0.3 is 15.4 Å². The summed E-state index contributed by atoms with van der Waals surface area (Å²) in [6.07, 6.45) is 0. The van der Waals surface area contributed by atoms with Crippen molar-refractivity contribution in [2.75, 3.05) is 6.54 Å². The minimum Gasteiger partial charge on any atom is -0.481 e. The average molecular weight is 306 g/mol. The van der Waals surface area contributed by atoms with Gasteiger partial charge in [-0.3, -0.25) is 14.4 Å². The van der Waals surface area contributed by atoms with Gasteiger partial charge in [-0.25, -0.2) is 4.39 Å². The van der Waals surface area contributed by atoms with E-state index in [4.69, 9.17) is 5.11 Å². The Morgan fingerprint density at radius 2 is 2.00 bits per heavy atom. The Labute approximate surface area is 125 Å². The maximum atomic E-state index is 13.2. The van der Waals surface area contributed by atoms with Crippen LogP contribution in [0.5, 0.6) is 0 Å². The highest BCUT2D eigenvalue weighted by Crippen LogP contribution is 2.17. The quantitative estimate of drug-likeness (QED) is 0.797. The van der Waals surface area contributed by atoms with Gasteiger partial charge in [0.25, 0.3) is 5.91 Å². The highest BCUT2D eigenvalue weighted by atomic mass is 19.1. The predicted octanol–water partition coefficient (Wildman–Crippen LogP) is 1.51. The van der Waals surface area contributed by atoms with Crippen molar-refractivity contribution in [2.24, 2.45) is 5.41 Å². The number of carbonyl (C=O) groups excluding carboxylic acids is 1. The lowest BCUT2D eigenvalue weighted by Gasteiger charge is -2.19. The number of halogens is 1. The topological polar surface area (TPSA) is 99.3 Å². The number of amides is 1. The monoisotopic (exact) mass is 306 g/mol. The summed E-state index contributed by atoms with van der Waals surface area (Å²) in [5.41, 5.74) is -1.41. The van der Waals surface area contributed by atoms with E-state index >= 15 is 0 Å². The van der Waals surface area contributed by atoms with Crippen LogP contribution >= 0.6 is 0 Å². The van der Waals surface area contributed by atoms with Crippen LogP contribution in [0.3, 0.4) is 0 Å². The molecule has 1 aromatic carbocycles. The van der Waals surface area contributed by atoms with E-state index in [1.165, 1.54) is 26.0 Å². The van der Waals surface area contributed by atoms with Crippen molar-refractivity contribution in [3.63, 3.8) is 0 Å². The van der Waals surface area contributed by atoms with Crippen LogP contribution in [-0.2, 0) is 4.79 Å². The molecule has 0 radical (unpaired) electrons. The number of pyridine rings is 1. The average Bonchev–Trinajstić information content (AvgIpc) is 2.43. The van der Waals surface area contributed by atoms with Gasteiger partial charge in [0.2, 0.25) is 5.56 Å². The van der Waals surface area contributed by atoms with Crippen LogP contribution < -0.4 is 10.9 Å². The van der Waals surface area contributed by atoms with Gasteiger partial charge in [0.05, 0.1) is 16.5 Å². The van der Waals surface area contributed by atoms with Gasteiger partial charge in [-0.2, -0.15) is 0 Å². The number of fused-ring (bicyclic) bond motifs is 1. The van der Waals surface area contributed by atoms with E-state index < -0.39 is 28.7 Å². The van der Waals surface area contributed by atoms with Gasteiger partial charge in [-0.15, -0.1) is 0 Å². The molecule has 0 aliphatic heterocycles. The molecule has 0 unspecified atom stereocenters. The first kappa shape index (κ1) is 15.7. The van der Waals surface area contributed by atoms with E-state index in [-0.39, 0.29) is 17.6 Å². The van der Waals surface area contributed by atoms with Gasteiger partial charge in [0, 0.05) is 18.0 Å². The zero-order chi connectivity index (χ0) is 16.5. The summed E-state index contributed by atoms with van der Waals surface area (Å²) in [5.74, 6) is -2.17. The van der Waals surface area contributed by atoms with Gasteiger partial charge in [-0.1, -0.05) is 0 Å². The number of aliphatic carboxylic acids is 1. The molecule has 2 aromatic rings. The Bertz CT molecular complexity index is 811. The first-order valence-electron chi connectivity index (χ1n) is 6.55. The van der Waals surface area contributed by atoms with Gasteiger partial charge in [0.15, 0.2) is 0 Å². The smallest absolute Gasteiger partial charge is 0.310 e. The number of carboxylic acids is 1. The van der Waals surface area contributed by atoms with Crippen molar-refractivity contribution in [3.8, 4) is 0 Å². The van der Waals surface area contributed by atoms with E-state index in [0.717, 1.165) is 12.1 Å². The van der Waals surface area contributed by atoms with Crippen molar-refractivity contribution in [1.29, 1.82) is 0 Å². The molecule has 22 heavy (non-hydrogen) atoms. The molecule has 6 nitrogen and oxygen atoms in total. The standard InChI is InChI=1S/C15H15FN2O4/c1-15(2,14(21)22)7-17-13(20)10-6-12(19)18-11-5-8(16)3-4-9(10)11/h3-6H,7H2,1-2H3,(H,17,20)(H,18,19)(H,21,22). The number of rotatable bonds is 4. The lowest BCUT2D eigenvalue weighted by Crippen LogP contribution is -2.39. The zero-order valence-corrected chi connectivity index (χ0v) is 12.1. The van der Waals surface area contributed by atoms with Crippen molar-refractivity contribution < 1.29 is 19.1 Å². The summed E-state index contributed by atoms with van der Waals surface area (Å²) in [5, 5.41) is 11.9. The van der Waals surface area contributed by atoms with Gasteiger partial charge >= 0.3 is 5.97 Å². The van der Waals surface area contributed by atoms with Crippen LogP contribution in [0.2, 0.25) is 0 Å². The molecule has 1 aromatic heterocycles. The Hall–Kier alpha value is -2.70. The second-order valence-electron chi connectivity index (χ2n) is 5.61. The molecule has 7 heteroatoms. The maximum Gasteiger partial charge on any atom is 0.310 e. The Balaban J connectivity index is 2.36.